The van der Waals surface area contributed by atoms with E-state index in [0.29, 0.717) is 29.9 Å². The number of carboxylic acids is 1. The van der Waals surface area contributed by atoms with E-state index in [2.05, 4.69) is 16.5 Å². The number of likely N-dealkylation sites (tertiary alicyclic amines) is 1. The molecule has 2 N–H and O–H groups in total. The van der Waals surface area contributed by atoms with Gasteiger partial charge in [0, 0.05) is 47.5 Å². The van der Waals surface area contributed by atoms with Crippen LogP contribution in [0.3, 0.4) is 0 Å². The number of carboxylic acid groups (broad SMARTS) is 1. The Hall–Kier alpha value is -4.91. The van der Waals surface area contributed by atoms with Crippen molar-refractivity contribution in [3.8, 4) is 17.2 Å². The van der Waals surface area contributed by atoms with Crippen molar-refractivity contribution in [2.24, 2.45) is 0 Å². The lowest BCUT2D eigenvalue weighted by atomic mass is 9.96. The third-order valence-electron chi connectivity index (χ3n) is 7.01. The summed E-state index contributed by atoms with van der Waals surface area (Å²) in [5.74, 6) is -1.00. The van der Waals surface area contributed by atoms with E-state index in [1.807, 2.05) is 63.7 Å². The van der Waals surface area contributed by atoms with Gasteiger partial charge >= 0.3 is 12.1 Å². The van der Waals surface area contributed by atoms with Crippen molar-refractivity contribution >= 4 is 28.7 Å². The van der Waals surface area contributed by atoms with Crippen LogP contribution in [-0.4, -0.2) is 55.5 Å². The van der Waals surface area contributed by atoms with Gasteiger partial charge < -0.3 is 20.1 Å². The van der Waals surface area contributed by atoms with Gasteiger partial charge in [0.25, 0.3) is 0 Å². The molecule has 210 valence electrons. The molecule has 1 saturated heterocycles. The smallest absolute Gasteiger partial charge is 0.410 e. The Morgan fingerprint density at radius 1 is 1.20 bits per heavy atom. The SMILES string of the molecule is Cc1cc(C(C)Nc2ccccc2C(=O)O)c2cc(-c3cnn(C4CN(C(=O)OC(C)(C)C)C4)c3)c(C#N)nc2c1. The third kappa shape index (κ3) is 5.70. The molecule has 0 spiro atoms. The highest BCUT2D eigenvalue weighted by atomic mass is 16.6. The van der Waals surface area contributed by atoms with Crippen molar-refractivity contribution in [1.82, 2.24) is 19.7 Å². The maximum absolute atomic E-state index is 12.3. The normalized spacial score (nSPS) is 14.3. The number of amides is 1. The number of nitriles is 1. The fourth-order valence-electron chi connectivity index (χ4n) is 4.99. The molecule has 5 rings (SSSR count). The number of para-hydroxylation sites is 1. The van der Waals surface area contributed by atoms with Gasteiger partial charge in [0.2, 0.25) is 0 Å². The van der Waals surface area contributed by atoms with E-state index in [9.17, 15) is 20.0 Å². The number of pyridine rings is 1. The number of ether oxygens (including phenoxy) is 1. The van der Waals surface area contributed by atoms with Crippen LogP contribution in [-0.2, 0) is 4.74 Å². The fourth-order valence-corrected chi connectivity index (χ4v) is 4.99. The Bertz CT molecular complexity index is 1690. The number of hydrogen-bond donors (Lipinski definition) is 2. The molecule has 10 nitrogen and oxygen atoms in total. The zero-order chi connectivity index (χ0) is 29.5. The number of anilines is 1. The second-order valence-corrected chi connectivity index (χ2v) is 11.4. The number of fused-ring (bicyclic) bond motifs is 1. The predicted octanol–water partition coefficient (Wildman–Crippen LogP) is 5.94. The van der Waals surface area contributed by atoms with Gasteiger partial charge in [0.05, 0.1) is 23.3 Å². The molecule has 2 aromatic heterocycles. The molecule has 1 atom stereocenters. The van der Waals surface area contributed by atoms with Gasteiger partial charge in [0.1, 0.15) is 17.4 Å². The number of aromatic carboxylic acids is 1. The summed E-state index contributed by atoms with van der Waals surface area (Å²) in [6.45, 7) is 10.4. The maximum Gasteiger partial charge on any atom is 0.410 e. The van der Waals surface area contributed by atoms with Crippen LogP contribution in [0.2, 0.25) is 0 Å². The predicted molar refractivity (Wildman–Crippen MR) is 155 cm³/mol. The average Bonchev–Trinajstić information content (AvgIpc) is 3.35. The zero-order valence-corrected chi connectivity index (χ0v) is 23.7. The number of carbonyl (C=O) groups excluding carboxylic acids is 1. The van der Waals surface area contributed by atoms with Crippen LogP contribution < -0.4 is 5.32 Å². The fraction of sp³-hybridized carbons (Fsp3) is 0.323. The molecule has 10 heteroatoms. The highest BCUT2D eigenvalue weighted by Gasteiger charge is 2.35. The van der Waals surface area contributed by atoms with E-state index in [4.69, 9.17) is 9.72 Å². The Morgan fingerprint density at radius 3 is 2.61 bits per heavy atom. The molecule has 0 radical (unpaired) electrons. The molecule has 4 aromatic rings. The number of benzene rings is 2. The van der Waals surface area contributed by atoms with Gasteiger partial charge in [0.15, 0.2) is 0 Å². The molecular weight excluding hydrogens is 520 g/mol. The van der Waals surface area contributed by atoms with Gasteiger partial charge in [-0.1, -0.05) is 18.2 Å². The minimum atomic E-state index is -1.00. The number of nitrogens with one attached hydrogen (secondary N) is 1. The van der Waals surface area contributed by atoms with Crippen LogP contribution in [0, 0.1) is 18.3 Å². The first-order valence-electron chi connectivity index (χ1n) is 13.4. The van der Waals surface area contributed by atoms with Gasteiger partial charge in [-0.3, -0.25) is 4.68 Å². The average molecular weight is 553 g/mol. The van der Waals surface area contributed by atoms with Crippen LogP contribution in [0.4, 0.5) is 10.5 Å². The lowest BCUT2D eigenvalue weighted by Crippen LogP contribution is -2.52. The van der Waals surface area contributed by atoms with Crippen molar-refractivity contribution in [3.63, 3.8) is 0 Å². The molecule has 0 saturated carbocycles. The first kappa shape index (κ1) is 27.6. The molecule has 1 fully saturated rings. The first-order chi connectivity index (χ1) is 19.4. The first-order valence-corrected chi connectivity index (χ1v) is 13.4. The van der Waals surface area contributed by atoms with Crippen LogP contribution in [0.5, 0.6) is 0 Å². The summed E-state index contributed by atoms with van der Waals surface area (Å²) in [5, 5.41) is 28.3. The van der Waals surface area contributed by atoms with Gasteiger partial charge in [-0.15, -0.1) is 0 Å². The third-order valence-corrected chi connectivity index (χ3v) is 7.01. The Labute approximate surface area is 238 Å². The topological polar surface area (TPSA) is 133 Å². The zero-order valence-electron chi connectivity index (χ0n) is 23.7. The summed E-state index contributed by atoms with van der Waals surface area (Å²) in [6, 6.07) is 14.7. The van der Waals surface area contributed by atoms with Crippen LogP contribution in [0.15, 0.2) is 54.9 Å². The quantitative estimate of drug-likeness (QED) is 0.300. The minimum absolute atomic E-state index is 0.00644. The van der Waals surface area contributed by atoms with E-state index in [0.717, 1.165) is 22.1 Å². The molecule has 1 aliphatic heterocycles. The van der Waals surface area contributed by atoms with Crippen molar-refractivity contribution in [1.29, 1.82) is 5.26 Å². The second kappa shape index (κ2) is 10.6. The summed E-state index contributed by atoms with van der Waals surface area (Å²) < 4.78 is 7.25. The summed E-state index contributed by atoms with van der Waals surface area (Å²) in [4.78, 5) is 30.4. The molecule has 0 aliphatic carbocycles. The lowest BCUT2D eigenvalue weighted by molar-refractivity contribution is -0.000396. The van der Waals surface area contributed by atoms with E-state index >= 15 is 0 Å². The molecule has 2 aromatic carbocycles. The van der Waals surface area contributed by atoms with Crippen LogP contribution >= 0.6 is 0 Å². The van der Waals surface area contributed by atoms with Crippen molar-refractivity contribution in [2.45, 2.75) is 52.3 Å². The molecule has 0 bridgehead atoms. The number of carbonyl (C=O) groups is 2. The monoisotopic (exact) mass is 552 g/mol. The standard InChI is InChI=1S/C31H32N6O4/c1-18-10-23(19(2)34-26-9-7-6-8-22(26)29(38)39)25-12-24(28(13-32)35-27(25)11-18)20-14-33-37(15-20)21-16-36(17-21)30(40)41-31(3,4)5/h6-12,14-15,19,21,34H,16-17H2,1-5H3,(H,38,39). The summed E-state index contributed by atoms with van der Waals surface area (Å²) in [6.07, 6.45) is 3.24. The van der Waals surface area contributed by atoms with E-state index in [1.165, 1.54) is 0 Å². The molecule has 41 heavy (non-hydrogen) atoms. The highest BCUT2D eigenvalue weighted by molar-refractivity contribution is 5.94. The number of hydrogen-bond acceptors (Lipinski definition) is 7. The molecule has 3 heterocycles. The summed E-state index contributed by atoms with van der Waals surface area (Å²) in [7, 11) is 0. The Morgan fingerprint density at radius 2 is 1.93 bits per heavy atom. The van der Waals surface area contributed by atoms with Crippen LogP contribution in [0.25, 0.3) is 22.0 Å². The summed E-state index contributed by atoms with van der Waals surface area (Å²) >= 11 is 0. The number of rotatable bonds is 6. The van der Waals surface area contributed by atoms with Gasteiger partial charge in [-0.05, 0) is 70.0 Å². The van der Waals surface area contributed by atoms with Crippen molar-refractivity contribution in [2.75, 3.05) is 18.4 Å². The minimum Gasteiger partial charge on any atom is -0.478 e. The van der Waals surface area contributed by atoms with Gasteiger partial charge in [-0.25, -0.2) is 14.6 Å². The maximum atomic E-state index is 12.3. The Balaban J connectivity index is 1.45. The molecular formula is C31H32N6O4. The number of nitrogens with zero attached hydrogens (tertiary/aromatic N) is 5. The number of aryl methyl sites for hydroxylation is 1. The van der Waals surface area contributed by atoms with E-state index in [-0.39, 0.29) is 29.4 Å². The van der Waals surface area contributed by atoms with E-state index in [1.54, 1.807) is 35.4 Å². The van der Waals surface area contributed by atoms with Gasteiger partial charge in [-0.2, -0.15) is 10.4 Å². The molecule has 1 aliphatic rings. The lowest BCUT2D eigenvalue weighted by Gasteiger charge is -2.39. The number of aromatic nitrogens is 3. The molecule has 1 amide bonds. The van der Waals surface area contributed by atoms with Crippen molar-refractivity contribution in [3.05, 3.63) is 77.2 Å². The highest BCUT2D eigenvalue weighted by Crippen LogP contribution is 2.34. The Kier molecular flexibility index (Phi) is 7.13. The van der Waals surface area contributed by atoms with Crippen molar-refractivity contribution < 1.29 is 19.4 Å². The molecule has 1 unspecified atom stereocenters. The largest absolute Gasteiger partial charge is 0.478 e. The summed E-state index contributed by atoms with van der Waals surface area (Å²) in [5.41, 5.74) is 4.42. The van der Waals surface area contributed by atoms with E-state index < -0.39 is 11.6 Å². The second-order valence-electron chi connectivity index (χ2n) is 11.4. The van der Waals surface area contributed by atoms with Crippen LogP contribution in [0.1, 0.15) is 67.0 Å².